The van der Waals surface area contributed by atoms with E-state index in [1.54, 1.807) is 30.3 Å². The summed E-state index contributed by atoms with van der Waals surface area (Å²) in [7, 11) is 0. The Bertz CT molecular complexity index is 7580. The molecule has 0 unspecified atom stereocenters. The number of hydrogen-bond acceptors (Lipinski definition) is 7. The van der Waals surface area contributed by atoms with Gasteiger partial charge in [0.2, 0.25) is 11.4 Å². The molecule has 14 heteroatoms. The molecule has 0 aliphatic carbocycles. The molecule has 0 saturated carbocycles. The van der Waals surface area contributed by atoms with Gasteiger partial charge in [-0.3, -0.25) is 4.85 Å². The van der Waals surface area contributed by atoms with E-state index in [4.69, 9.17) is 28.6 Å². The minimum Gasteiger partial charge on any atom is -0.456 e. The molecule has 0 atom stereocenters. The van der Waals surface area contributed by atoms with E-state index in [2.05, 4.69) is 79.8 Å². The van der Waals surface area contributed by atoms with Crippen LogP contribution in [0.25, 0.3) is 191 Å². The van der Waals surface area contributed by atoms with Crippen molar-refractivity contribution in [2.24, 2.45) is 0 Å². The number of aromatic nitrogens is 4. The molecule has 0 fully saturated rings. The molecule has 14 nitrogen and oxygen atoms in total. The van der Waals surface area contributed by atoms with E-state index in [0.717, 1.165) is 131 Å². The lowest BCUT2D eigenvalue weighted by molar-refractivity contribution is 0.669. The number of hydrogen-bond donors (Lipinski definition) is 0. The van der Waals surface area contributed by atoms with Crippen molar-refractivity contribution in [2.45, 2.75) is 0 Å². The highest BCUT2D eigenvalue weighted by Gasteiger charge is 2.29. The molecule has 0 amide bonds. The van der Waals surface area contributed by atoms with Gasteiger partial charge in [0.25, 0.3) is 0 Å². The van der Waals surface area contributed by atoms with Crippen molar-refractivity contribution in [3.63, 3.8) is 0 Å². The quantitative estimate of drug-likeness (QED) is 0.149. The first-order valence-corrected chi connectivity index (χ1v) is 33.8. The molecule has 20 rings (SSSR count). The van der Waals surface area contributed by atoms with Crippen molar-refractivity contribution >= 4 is 148 Å². The van der Waals surface area contributed by atoms with Crippen LogP contribution in [0.2, 0.25) is 0 Å². The average molecular weight is 1350 g/mol. The van der Waals surface area contributed by atoms with Crippen molar-refractivity contribution in [2.75, 3.05) is 0 Å². The van der Waals surface area contributed by atoms with E-state index in [-0.39, 0.29) is 28.2 Å². The van der Waals surface area contributed by atoms with Gasteiger partial charge in [-0.05, 0) is 120 Å². The molecule has 6 heterocycles. The van der Waals surface area contributed by atoms with Gasteiger partial charge < -0.3 is 27.1 Å². The Labute approximate surface area is 602 Å². The fraction of sp³-hybridized carbons (Fsp3) is 0. The van der Waals surface area contributed by atoms with Crippen molar-refractivity contribution in [3.05, 3.63) is 329 Å². The van der Waals surface area contributed by atoms with Gasteiger partial charge >= 0.3 is 0 Å². The van der Waals surface area contributed by atoms with E-state index in [1.165, 1.54) is 0 Å². The Hall–Kier alpha value is -16.2. The molecule has 6 aromatic heterocycles. The standard InChI is InChI=1S/2C46H22N6O/c1-49-35-20-19-30(46(44(35)50-2)51-36-15-7-3-11-31(36)32-12-4-8-16-37(32)51)27-23-28(25-47)45(29(24-27)26-48)52-38-17-9-5-13-33(38)42-39(52)21-22-41-43(42)34-14-6-10-18-40(34)53-41;1-50-36-23-42(52-38-14-6-2-10-29(38)30-11-3-7-15-39(30)52)44(35(26-49)34(36)25-48)27-18-20-37(28(22-27)24-47)51-40-16-8-4-13-33(40)45-41(51)21-19-32-31-12-5-9-17-43(31)53-46(32)45/h3-24H;2-23H. The maximum atomic E-state index is 10.9. The maximum Gasteiger partial charge on any atom is 0.218 e. The van der Waals surface area contributed by atoms with Gasteiger partial charge in [0, 0.05) is 76.2 Å². The maximum absolute atomic E-state index is 10.9. The third kappa shape index (κ3) is 8.70. The van der Waals surface area contributed by atoms with Crippen LogP contribution < -0.4 is 0 Å². The second-order valence-electron chi connectivity index (χ2n) is 25.7. The molecule has 484 valence electrons. The molecule has 0 aliphatic heterocycles. The van der Waals surface area contributed by atoms with Gasteiger partial charge in [0.1, 0.15) is 40.5 Å². The summed E-state index contributed by atoms with van der Waals surface area (Å²) in [5.74, 6) is 0. The van der Waals surface area contributed by atoms with Gasteiger partial charge in [-0.1, -0.05) is 164 Å². The predicted molar refractivity (Wildman–Crippen MR) is 418 cm³/mol. The first kappa shape index (κ1) is 60.9. The topological polar surface area (TPSA) is 178 Å². The molecular formula is C92H44N12O2. The average Bonchev–Trinajstić information content (AvgIpc) is 1.56. The minimum absolute atomic E-state index is 0.00171. The second kappa shape index (κ2) is 23.7. The highest BCUT2D eigenvalue weighted by atomic mass is 16.3. The monoisotopic (exact) mass is 1350 g/mol. The summed E-state index contributed by atoms with van der Waals surface area (Å²) in [6.07, 6.45) is 0. The zero-order valence-corrected chi connectivity index (χ0v) is 55.6. The fourth-order valence-electron chi connectivity index (χ4n) is 16.2. The smallest absolute Gasteiger partial charge is 0.218 e. The largest absolute Gasteiger partial charge is 0.456 e. The zero-order valence-electron chi connectivity index (χ0n) is 55.6. The van der Waals surface area contributed by atoms with E-state index in [1.807, 2.05) is 220 Å². The Balaban J connectivity index is 0.000000145. The van der Waals surface area contributed by atoms with Crippen LogP contribution in [0.1, 0.15) is 27.8 Å². The van der Waals surface area contributed by atoms with E-state index >= 15 is 0 Å². The lowest BCUT2D eigenvalue weighted by Gasteiger charge is -2.19. The lowest BCUT2D eigenvalue weighted by atomic mass is 9.91. The van der Waals surface area contributed by atoms with E-state index in [9.17, 15) is 26.3 Å². The number of nitriles is 5. The molecule has 106 heavy (non-hydrogen) atoms. The second-order valence-corrected chi connectivity index (χ2v) is 25.7. The van der Waals surface area contributed by atoms with Gasteiger partial charge in [-0.25, -0.2) is 9.69 Å². The zero-order chi connectivity index (χ0) is 71.6. The van der Waals surface area contributed by atoms with Gasteiger partial charge in [-0.2, -0.15) is 26.3 Å². The van der Waals surface area contributed by atoms with Crippen molar-refractivity contribution in [3.8, 4) is 75.3 Å². The molecule has 0 spiro atoms. The van der Waals surface area contributed by atoms with Crippen LogP contribution >= 0.6 is 0 Å². The van der Waals surface area contributed by atoms with E-state index < -0.39 is 0 Å². The van der Waals surface area contributed by atoms with Crippen LogP contribution in [0.5, 0.6) is 0 Å². The Morgan fingerprint density at radius 2 is 0.755 bits per heavy atom. The number of para-hydroxylation sites is 8. The van der Waals surface area contributed by atoms with Crippen LogP contribution in [-0.2, 0) is 0 Å². The molecule has 0 aliphatic rings. The number of fused-ring (bicyclic) bond motifs is 20. The third-order valence-electron chi connectivity index (χ3n) is 20.5. The summed E-state index contributed by atoms with van der Waals surface area (Å²) in [6, 6.07) is 98.1. The van der Waals surface area contributed by atoms with Gasteiger partial charge in [-0.15, -0.1) is 0 Å². The predicted octanol–water partition coefficient (Wildman–Crippen LogP) is 23.9. The van der Waals surface area contributed by atoms with Crippen molar-refractivity contribution < 1.29 is 8.83 Å². The molecule has 0 radical (unpaired) electrons. The normalized spacial score (nSPS) is 11.3. The number of nitrogens with zero attached hydrogens (tertiary/aromatic N) is 12. The number of rotatable bonds is 6. The summed E-state index contributed by atoms with van der Waals surface area (Å²) in [5, 5.41) is 65.5. The van der Waals surface area contributed by atoms with Crippen LogP contribution in [0.15, 0.2) is 276 Å². The van der Waals surface area contributed by atoms with Crippen LogP contribution in [0.3, 0.4) is 0 Å². The first-order valence-electron chi connectivity index (χ1n) is 33.8. The van der Waals surface area contributed by atoms with Gasteiger partial charge in [0.05, 0.1) is 121 Å². The summed E-state index contributed by atoms with van der Waals surface area (Å²) < 4.78 is 20.9. The van der Waals surface area contributed by atoms with Crippen LogP contribution in [-0.4, -0.2) is 18.3 Å². The summed E-state index contributed by atoms with van der Waals surface area (Å²) in [4.78, 5) is 11.3. The summed E-state index contributed by atoms with van der Waals surface area (Å²) in [5.41, 5.74) is 16.2. The third-order valence-corrected chi connectivity index (χ3v) is 20.5. The molecule has 14 aromatic carbocycles. The number of furan rings is 2. The summed E-state index contributed by atoms with van der Waals surface area (Å²) >= 11 is 0. The summed E-state index contributed by atoms with van der Waals surface area (Å²) in [6.45, 7) is 24.2. The highest BCUT2D eigenvalue weighted by Crippen LogP contribution is 2.50. The molecule has 20 aromatic rings. The Kier molecular flexibility index (Phi) is 13.6. The first-order chi connectivity index (χ1) is 52.3. The van der Waals surface area contributed by atoms with Gasteiger partial charge in [0.15, 0.2) is 5.69 Å². The fourth-order valence-corrected chi connectivity index (χ4v) is 16.2. The molecule has 0 saturated heterocycles. The molecule has 0 N–H and O–H groups in total. The van der Waals surface area contributed by atoms with Crippen LogP contribution in [0.4, 0.5) is 17.1 Å². The SMILES string of the molecule is [C-]#[N+]c1cc(-n2c3ccccc3c3ccccc32)c(-c2ccc(-n3c4ccccc4c4c5oc6ccccc6c5ccc43)c(C#N)c2)c(C#N)c1C#N.[C-]#[N+]c1ccc(-c2cc(C#N)c(-n3c4ccccc4c4c5c(ccc43)oc3ccccc35)c(C#N)c2)c(-n2c3ccccc3c3ccccc32)c1[N+]#[C-]. The van der Waals surface area contributed by atoms with E-state index in [0.29, 0.717) is 61.7 Å². The van der Waals surface area contributed by atoms with Crippen molar-refractivity contribution in [1.82, 2.24) is 18.3 Å². The minimum atomic E-state index is 0.00171. The Morgan fingerprint density at radius 1 is 0.292 bits per heavy atom. The Morgan fingerprint density at radius 3 is 1.32 bits per heavy atom. The molecule has 0 bridgehead atoms. The highest BCUT2D eigenvalue weighted by molar-refractivity contribution is 6.28. The van der Waals surface area contributed by atoms with Crippen molar-refractivity contribution in [1.29, 1.82) is 26.3 Å². The lowest BCUT2D eigenvalue weighted by Crippen LogP contribution is -2.03. The molecular weight excluding hydrogens is 1310 g/mol. The number of benzene rings is 14. The van der Waals surface area contributed by atoms with Crippen LogP contribution in [0, 0.1) is 76.4 Å².